The van der Waals surface area contributed by atoms with Crippen LogP contribution in [0.4, 0.5) is 8.78 Å². The second-order valence-corrected chi connectivity index (χ2v) is 14.6. The lowest BCUT2D eigenvalue weighted by Gasteiger charge is -2.38. The summed E-state index contributed by atoms with van der Waals surface area (Å²) in [6.45, 7) is 3.36. The van der Waals surface area contributed by atoms with Gasteiger partial charge in [0.15, 0.2) is 0 Å². The van der Waals surface area contributed by atoms with Crippen LogP contribution in [0, 0.1) is 28.4 Å². The van der Waals surface area contributed by atoms with Crippen LogP contribution < -0.4 is 10.0 Å². The lowest BCUT2D eigenvalue weighted by atomic mass is 9.62. The fourth-order valence-electron chi connectivity index (χ4n) is 5.98. The number of carbonyl (C=O) groups is 1. The van der Waals surface area contributed by atoms with Crippen molar-refractivity contribution >= 4 is 39.0 Å². The van der Waals surface area contributed by atoms with E-state index in [9.17, 15) is 23.6 Å². The Kier molecular flexibility index (Phi) is 11.7. The molecular weight excluding hydrogens is 623 g/mol. The van der Waals surface area contributed by atoms with Gasteiger partial charge in [0.2, 0.25) is 10.0 Å². The van der Waals surface area contributed by atoms with Crippen molar-refractivity contribution in [1.29, 1.82) is 5.26 Å². The van der Waals surface area contributed by atoms with Crippen LogP contribution in [0.3, 0.4) is 0 Å². The molecule has 8 nitrogen and oxygen atoms in total. The van der Waals surface area contributed by atoms with Crippen LogP contribution in [0.5, 0.6) is 0 Å². The van der Waals surface area contributed by atoms with E-state index in [0.717, 1.165) is 12.3 Å². The van der Waals surface area contributed by atoms with Crippen molar-refractivity contribution in [3.8, 4) is 6.07 Å². The van der Waals surface area contributed by atoms with Crippen LogP contribution in [-0.2, 0) is 20.2 Å². The molecule has 0 unspecified atom stereocenters. The normalized spacial score (nSPS) is 23.2. The largest absolute Gasteiger partial charge is 0.394 e. The summed E-state index contributed by atoms with van der Waals surface area (Å²) in [6, 6.07) is 8.34. The summed E-state index contributed by atoms with van der Waals surface area (Å²) in [5.41, 5.74) is -2.57. The van der Waals surface area contributed by atoms with Gasteiger partial charge in [-0.2, -0.15) is 5.26 Å². The molecule has 1 aliphatic rings. The quantitative estimate of drug-likeness (QED) is 0.232. The van der Waals surface area contributed by atoms with Crippen molar-refractivity contribution in [2.75, 3.05) is 19.4 Å². The Labute approximate surface area is 261 Å². The van der Waals surface area contributed by atoms with E-state index in [4.69, 9.17) is 28.3 Å². The molecule has 236 valence electrons. The minimum absolute atomic E-state index is 0.0382. The Morgan fingerprint density at radius 2 is 1.95 bits per heavy atom. The summed E-state index contributed by atoms with van der Waals surface area (Å²) in [7, 11) is -3.46. The molecule has 4 N–H and O–H groups in total. The Bertz CT molecular complexity index is 1470. The summed E-state index contributed by atoms with van der Waals surface area (Å²) in [6.07, 6.45) is 0.849. The van der Waals surface area contributed by atoms with Gasteiger partial charge in [-0.15, -0.1) is 0 Å². The zero-order valence-corrected chi connectivity index (χ0v) is 26.5. The number of hydrogen-bond donors (Lipinski definition) is 4. The first-order valence-electron chi connectivity index (χ1n) is 13.9. The Morgan fingerprint density at radius 1 is 1.26 bits per heavy atom. The number of rotatable bonds is 14. The third kappa shape index (κ3) is 8.31. The number of ketones is 1. The molecule has 0 amide bonds. The lowest BCUT2D eigenvalue weighted by molar-refractivity contribution is -0.121. The molecule has 0 aromatic heterocycles. The molecule has 1 saturated heterocycles. The molecule has 3 rings (SSSR count). The van der Waals surface area contributed by atoms with Gasteiger partial charge in [-0.05, 0) is 54.9 Å². The first-order valence-corrected chi connectivity index (χ1v) is 16.5. The zero-order chi connectivity index (χ0) is 32.2. The Hall–Kier alpha value is -2.17. The third-order valence-electron chi connectivity index (χ3n) is 8.07. The summed E-state index contributed by atoms with van der Waals surface area (Å²) >= 11 is 12.2. The van der Waals surface area contributed by atoms with Gasteiger partial charge in [-0.1, -0.05) is 55.2 Å². The van der Waals surface area contributed by atoms with Crippen molar-refractivity contribution in [3.63, 3.8) is 0 Å². The van der Waals surface area contributed by atoms with Gasteiger partial charge < -0.3 is 15.5 Å². The van der Waals surface area contributed by atoms with Crippen molar-refractivity contribution in [2.45, 2.75) is 75.5 Å². The van der Waals surface area contributed by atoms with Gasteiger partial charge >= 0.3 is 0 Å². The topological polar surface area (TPSA) is 140 Å². The molecule has 5 atom stereocenters. The number of nitrogens with one attached hydrogen (secondary N) is 2. The summed E-state index contributed by atoms with van der Waals surface area (Å²) in [4.78, 5) is 13.8. The molecule has 0 bridgehead atoms. The van der Waals surface area contributed by atoms with Crippen LogP contribution in [0.1, 0.15) is 63.0 Å². The molecule has 0 radical (unpaired) electrons. The van der Waals surface area contributed by atoms with E-state index < -0.39 is 63.2 Å². The predicted molar refractivity (Wildman–Crippen MR) is 161 cm³/mol. The van der Waals surface area contributed by atoms with Gasteiger partial charge in [0.05, 0.1) is 36.1 Å². The maximum atomic E-state index is 15.8. The van der Waals surface area contributed by atoms with Crippen LogP contribution in [-0.4, -0.2) is 62.0 Å². The Morgan fingerprint density at radius 3 is 2.56 bits per heavy atom. The number of aliphatic hydroxyl groups excluding tert-OH is 2. The molecule has 0 spiro atoms. The standard InChI is InChI=1S/C30H37Cl2F2N3O5S/c1-29(2,12-13-36-43(3,41)42)15-25-30(17-35,21-11-10-18(31)14-23(21)33)26(20-7-5-8-22(32)27(20)34)28(37-25)24(40)9-4-6-19(39)16-38/h5,7-8,10-11,14,19,25-26,28,36-39H,4,6,9,12-13,15-16H2,1-3H3/t19-,25-,26-,28-,30-/m0/s1. The SMILES string of the molecule is CC(C)(CCNS(C)(=O)=O)C[C@@H]1N[C@@H](C(=O)CCC[C@H](O)CO)[C@H](c2cccc(Cl)c2F)[C@@]1(C#N)c1ccc(Cl)cc1F. The molecule has 43 heavy (non-hydrogen) atoms. The van der Waals surface area contributed by atoms with Crippen LogP contribution >= 0.6 is 23.2 Å². The van der Waals surface area contributed by atoms with Crippen molar-refractivity contribution < 1.29 is 32.2 Å². The Balaban J connectivity index is 2.19. The molecule has 0 saturated carbocycles. The second kappa shape index (κ2) is 14.3. The van der Waals surface area contributed by atoms with Crippen molar-refractivity contribution in [2.24, 2.45) is 5.41 Å². The first kappa shape index (κ1) is 35.3. The highest BCUT2D eigenvalue weighted by Gasteiger charge is 2.61. The van der Waals surface area contributed by atoms with Crippen LogP contribution in [0.25, 0.3) is 0 Å². The smallest absolute Gasteiger partial charge is 0.208 e. The highest BCUT2D eigenvalue weighted by Crippen LogP contribution is 2.53. The van der Waals surface area contributed by atoms with Gasteiger partial charge in [0.1, 0.15) is 22.8 Å². The average Bonchev–Trinajstić information content (AvgIpc) is 3.22. The van der Waals surface area contributed by atoms with Gasteiger partial charge in [0, 0.05) is 35.5 Å². The van der Waals surface area contributed by atoms with Gasteiger partial charge in [-0.25, -0.2) is 21.9 Å². The number of nitriles is 1. The zero-order valence-electron chi connectivity index (χ0n) is 24.2. The average molecular weight is 661 g/mol. The molecule has 0 aliphatic carbocycles. The number of carbonyl (C=O) groups excluding carboxylic acids is 1. The van der Waals surface area contributed by atoms with Crippen LogP contribution in [0.2, 0.25) is 10.0 Å². The molecule has 2 aromatic rings. The second-order valence-electron chi connectivity index (χ2n) is 11.9. The number of nitrogens with zero attached hydrogens (tertiary/aromatic N) is 1. The third-order valence-corrected chi connectivity index (χ3v) is 9.33. The van der Waals surface area contributed by atoms with Crippen molar-refractivity contribution in [3.05, 3.63) is 69.2 Å². The maximum Gasteiger partial charge on any atom is 0.208 e. The highest BCUT2D eigenvalue weighted by atomic mass is 35.5. The molecule has 1 aliphatic heterocycles. The lowest BCUT2D eigenvalue weighted by Crippen LogP contribution is -2.45. The molecule has 1 fully saturated rings. The minimum atomic E-state index is -3.46. The molecular formula is C30H37Cl2F2N3O5S. The van der Waals surface area contributed by atoms with E-state index in [0.29, 0.717) is 6.42 Å². The van der Waals surface area contributed by atoms with E-state index in [1.165, 1.54) is 30.3 Å². The maximum absolute atomic E-state index is 15.8. The predicted octanol–water partition coefficient (Wildman–Crippen LogP) is 4.61. The minimum Gasteiger partial charge on any atom is -0.394 e. The summed E-state index contributed by atoms with van der Waals surface area (Å²) in [5.74, 6) is -3.25. The summed E-state index contributed by atoms with van der Waals surface area (Å²) < 4.78 is 57.3. The van der Waals surface area contributed by atoms with Gasteiger partial charge in [-0.3, -0.25) is 4.79 Å². The number of benzene rings is 2. The molecule has 2 aromatic carbocycles. The van der Waals surface area contributed by atoms with E-state index in [1.807, 2.05) is 13.8 Å². The van der Waals surface area contributed by atoms with Gasteiger partial charge in [0.25, 0.3) is 0 Å². The fourth-order valence-corrected chi connectivity index (χ4v) is 6.80. The summed E-state index contributed by atoms with van der Waals surface area (Å²) in [5, 5.41) is 33.0. The number of aliphatic hydroxyl groups is 2. The fraction of sp³-hybridized carbons (Fsp3) is 0.533. The number of halogens is 4. The van der Waals surface area contributed by atoms with Crippen molar-refractivity contribution in [1.82, 2.24) is 10.0 Å². The van der Waals surface area contributed by atoms with Crippen LogP contribution in [0.15, 0.2) is 36.4 Å². The van der Waals surface area contributed by atoms with E-state index in [1.54, 1.807) is 0 Å². The van der Waals surface area contributed by atoms with E-state index in [2.05, 4.69) is 16.1 Å². The first-order chi connectivity index (χ1) is 20.1. The molecule has 1 heterocycles. The van der Waals surface area contributed by atoms with E-state index >= 15 is 8.78 Å². The molecule has 13 heteroatoms. The number of Topliss-reactive ketones (excluding diaryl/α,β-unsaturated/α-hetero) is 1. The number of hydrogen-bond acceptors (Lipinski definition) is 7. The monoisotopic (exact) mass is 659 g/mol. The highest BCUT2D eigenvalue weighted by molar-refractivity contribution is 7.88. The number of sulfonamides is 1. The van der Waals surface area contributed by atoms with E-state index in [-0.39, 0.29) is 59.2 Å².